The van der Waals surface area contributed by atoms with Crippen LogP contribution in [0, 0.1) is 0 Å². The van der Waals surface area contributed by atoms with Gasteiger partial charge in [0.2, 0.25) is 5.13 Å². The molecule has 2 amide bonds. The van der Waals surface area contributed by atoms with Gasteiger partial charge in [0.25, 0.3) is 0 Å². The number of urea groups is 1. The molecule has 2 rings (SSSR count). The van der Waals surface area contributed by atoms with Crippen molar-refractivity contribution in [2.24, 2.45) is 0 Å². The molecule has 23 heavy (non-hydrogen) atoms. The van der Waals surface area contributed by atoms with Crippen LogP contribution in [0.3, 0.4) is 0 Å². The fraction of sp³-hybridized carbons (Fsp3) is 0.438. The van der Waals surface area contributed by atoms with E-state index in [0.717, 1.165) is 10.6 Å². The number of nitrogens with one attached hydrogen (secondary N) is 2. The first-order valence-electron chi connectivity index (χ1n) is 7.58. The molecule has 1 aromatic carbocycles. The Morgan fingerprint density at radius 2 is 1.91 bits per heavy atom. The van der Waals surface area contributed by atoms with E-state index in [1.165, 1.54) is 11.3 Å². The summed E-state index contributed by atoms with van der Waals surface area (Å²) in [6.07, 6.45) is 0. The number of carbonyl (C=O) groups is 1. The van der Waals surface area contributed by atoms with Crippen LogP contribution in [-0.4, -0.2) is 34.0 Å². The van der Waals surface area contributed by atoms with E-state index >= 15 is 0 Å². The van der Waals surface area contributed by atoms with Gasteiger partial charge in [-0.3, -0.25) is 5.32 Å². The molecular weight excluding hydrogens is 312 g/mol. The van der Waals surface area contributed by atoms with E-state index in [-0.39, 0.29) is 24.5 Å². The Morgan fingerprint density at radius 1 is 1.22 bits per heavy atom. The van der Waals surface area contributed by atoms with Crippen LogP contribution in [0.2, 0.25) is 0 Å². The Labute approximate surface area is 140 Å². The molecule has 2 aromatic rings. The Bertz CT molecular complexity index is 630. The van der Waals surface area contributed by atoms with Crippen molar-refractivity contribution in [3.05, 3.63) is 40.9 Å². The number of anilines is 1. The summed E-state index contributed by atoms with van der Waals surface area (Å²) >= 11 is 1.35. The second-order valence-electron chi connectivity index (χ2n) is 5.69. The average molecular weight is 334 g/mol. The van der Waals surface area contributed by atoms with Crippen LogP contribution in [-0.2, 0) is 0 Å². The number of carbonyl (C=O) groups excluding carboxylic acids is 1. The maximum atomic E-state index is 12.1. The molecule has 0 aliphatic carbocycles. The average Bonchev–Trinajstić information content (AvgIpc) is 3.01. The van der Waals surface area contributed by atoms with E-state index in [4.69, 9.17) is 0 Å². The number of hydrogen-bond acceptors (Lipinski definition) is 5. The van der Waals surface area contributed by atoms with E-state index < -0.39 is 6.03 Å². The summed E-state index contributed by atoms with van der Waals surface area (Å²) in [6.45, 7) is 5.87. The lowest BCUT2D eigenvalue weighted by atomic mass is 9.94. The zero-order valence-corrected chi connectivity index (χ0v) is 14.3. The lowest BCUT2D eigenvalue weighted by Crippen LogP contribution is -2.43. The quantitative estimate of drug-likeness (QED) is 0.758. The summed E-state index contributed by atoms with van der Waals surface area (Å²) in [5.74, 6) is 0.266. The molecule has 0 spiro atoms. The summed E-state index contributed by atoms with van der Waals surface area (Å²) in [4.78, 5) is 12.1. The first kappa shape index (κ1) is 17.4. The standard InChI is InChI=1S/C16H22N4O2S/c1-10(2)14-19-20-16(23-14)18-15(22)17-13(9-21)11(3)12-7-5-4-6-8-12/h4-8,10-11,13,21H,9H2,1-3H3,(H2,17,18,20,22). The minimum absolute atomic E-state index is 0.00686. The summed E-state index contributed by atoms with van der Waals surface area (Å²) < 4.78 is 0. The summed E-state index contributed by atoms with van der Waals surface area (Å²) in [6, 6.07) is 9.00. The molecule has 7 heteroatoms. The number of rotatable bonds is 6. The Hall–Kier alpha value is -1.99. The van der Waals surface area contributed by atoms with Gasteiger partial charge in [-0.2, -0.15) is 0 Å². The van der Waals surface area contributed by atoms with Crippen LogP contribution in [0.15, 0.2) is 30.3 Å². The second-order valence-corrected chi connectivity index (χ2v) is 6.70. The fourth-order valence-corrected chi connectivity index (χ4v) is 2.88. The molecular formula is C16H22N4O2S. The first-order valence-corrected chi connectivity index (χ1v) is 8.39. The number of nitrogens with zero attached hydrogens (tertiary/aromatic N) is 2. The van der Waals surface area contributed by atoms with Crippen molar-refractivity contribution >= 4 is 22.5 Å². The zero-order chi connectivity index (χ0) is 16.8. The van der Waals surface area contributed by atoms with E-state index in [0.29, 0.717) is 5.13 Å². The number of aromatic nitrogens is 2. The molecule has 0 aliphatic heterocycles. The van der Waals surface area contributed by atoms with Gasteiger partial charge in [-0.1, -0.05) is 62.4 Å². The number of hydrogen-bond donors (Lipinski definition) is 3. The molecule has 0 saturated heterocycles. The van der Waals surface area contributed by atoms with Crippen molar-refractivity contribution in [3.8, 4) is 0 Å². The van der Waals surface area contributed by atoms with E-state index in [9.17, 15) is 9.90 Å². The lowest BCUT2D eigenvalue weighted by Gasteiger charge is -2.23. The molecule has 0 radical (unpaired) electrons. The van der Waals surface area contributed by atoms with Crippen molar-refractivity contribution in [1.82, 2.24) is 15.5 Å². The Balaban J connectivity index is 1.96. The van der Waals surface area contributed by atoms with Crippen LogP contribution in [0.4, 0.5) is 9.93 Å². The van der Waals surface area contributed by atoms with E-state index in [2.05, 4.69) is 20.8 Å². The molecule has 2 unspecified atom stereocenters. The summed E-state index contributed by atoms with van der Waals surface area (Å²) in [7, 11) is 0. The first-order chi connectivity index (χ1) is 11.0. The van der Waals surface area contributed by atoms with Gasteiger partial charge >= 0.3 is 6.03 Å². The minimum Gasteiger partial charge on any atom is -0.394 e. The van der Waals surface area contributed by atoms with Gasteiger partial charge in [0, 0.05) is 11.8 Å². The fourth-order valence-electron chi connectivity index (χ4n) is 2.14. The Kier molecular flexibility index (Phi) is 6.06. The highest BCUT2D eigenvalue weighted by molar-refractivity contribution is 7.15. The third-order valence-corrected chi connectivity index (χ3v) is 4.74. The number of amides is 2. The van der Waals surface area contributed by atoms with Crippen LogP contribution in [0.5, 0.6) is 0 Å². The minimum atomic E-state index is -0.390. The normalized spacial score (nSPS) is 13.6. The van der Waals surface area contributed by atoms with Crippen molar-refractivity contribution < 1.29 is 9.90 Å². The van der Waals surface area contributed by atoms with Gasteiger partial charge in [-0.25, -0.2) is 4.79 Å². The predicted molar refractivity (Wildman–Crippen MR) is 91.9 cm³/mol. The lowest BCUT2D eigenvalue weighted by molar-refractivity contribution is 0.215. The van der Waals surface area contributed by atoms with Gasteiger partial charge in [0.15, 0.2) is 0 Å². The second kappa shape index (κ2) is 8.03. The highest BCUT2D eigenvalue weighted by Gasteiger charge is 2.21. The van der Waals surface area contributed by atoms with Gasteiger partial charge in [0.05, 0.1) is 12.6 Å². The largest absolute Gasteiger partial charge is 0.394 e. The molecule has 3 N–H and O–H groups in total. The highest BCUT2D eigenvalue weighted by Crippen LogP contribution is 2.22. The third-order valence-electron chi connectivity index (χ3n) is 3.60. The molecule has 0 bridgehead atoms. The van der Waals surface area contributed by atoms with Crippen molar-refractivity contribution in [3.63, 3.8) is 0 Å². The van der Waals surface area contributed by atoms with Crippen molar-refractivity contribution in [1.29, 1.82) is 0 Å². The maximum absolute atomic E-state index is 12.1. The van der Waals surface area contributed by atoms with Gasteiger partial charge in [-0.05, 0) is 5.56 Å². The zero-order valence-electron chi connectivity index (χ0n) is 13.5. The highest BCUT2D eigenvalue weighted by atomic mass is 32.1. The van der Waals surface area contributed by atoms with Crippen molar-refractivity contribution in [2.75, 3.05) is 11.9 Å². The number of aliphatic hydroxyl groups is 1. The maximum Gasteiger partial charge on any atom is 0.321 e. The molecule has 1 aromatic heterocycles. The van der Waals surface area contributed by atoms with Crippen LogP contribution in [0.25, 0.3) is 0 Å². The van der Waals surface area contributed by atoms with Crippen molar-refractivity contribution in [2.45, 2.75) is 38.6 Å². The predicted octanol–water partition coefficient (Wildman–Crippen LogP) is 2.95. The number of benzene rings is 1. The molecule has 124 valence electrons. The summed E-state index contributed by atoms with van der Waals surface area (Å²) in [5, 5.41) is 24.3. The molecule has 6 nitrogen and oxygen atoms in total. The van der Waals surface area contributed by atoms with E-state index in [1.54, 1.807) is 0 Å². The van der Waals surface area contributed by atoms with Crippen LogP contribution >= 0.6 is 11.3 Å². The molecule has 2 atom stereocenters. The van der Waals surface area contributed by atoms with Gasteiger partial charge in [-0.15, -0.1) is 10.2 Å². The van der Waals surface area contributed by atoms with Gasteiger partial charge < -0.3 is 10.4 Å². The van der Waals surface area contributed by atoms with Gasteiger partial charge in [0.1, 0.15) is 5.01 Å². The monoisotopic (exact) mass is 334 g/mol. The SMILES string of the molecule is CC(C)c1nnc(NC(=O)NC(CO)C(C)c2ccccc2)s1. The molecule has 0 fully saturated rings. The molecule has 0 aliphatic rings. The third kappa shape index (κ3) is 4.74. The molecule has 0 saturated carbocycles. The van der Waals surface area contributed by atoms with E-state index in [1.807, 2.05) is 51.1 Å². The van der Waals surface area contributed by atoms with Crippen LogP contribution < -0.4 is 10.6 Å². The molecule has 1 heterocycles. The Morgan fingerprint density at radius 3 is 2.48 bits per heavy atom. The smallest absolute Gasteiger partial charge is 0.321 e. The summed E-state index contributed by atoms with van der Waals surface area (Å²) in [5.41, 5.74) is 1.06. The topological polar surface area (TPSA) is 87.1 Å². The number of aliphatic hydroxyl groups excluding tert-OH is 1. The van der Waals surface area contributed by atoms with Crippen LogP contribution in [0.1, 0.15) is 43.2 Å².